The number of amides is 1. The average molecular weight is 372 g/mol. The number of aromatic nitrogens is 1. The van der Waals surface area contributed by atoms with E-state index in [4.69, 9.17) is 4.74 Å². The summed E-state index contributed by atoms with van der Waals surface area (Å²) < 4.78 is 5.62. The van der Waals surface area contributed by atoms with Crippen molar-refractivity contribution in [2.24, 2.45) is 5.92 Å². The number of rotatable bonds is 6. The van der Waals surface area contributed by atoms with Gasteiger partial charge in [0.05, 0.1) is 18.3 Å². The van der Waals surface area contributed by atoms with Crippen LogP contribution in [0.15, 0.2) is 36.5 Å². The van der Waals surface area contributed by atoms with Crippen molar-refractivity contribution in [1.29, 1.82) is 0 Å². The quantitative estimate of drug-likeness (QED) is 0.779. The lowest BCUT2D eigenvalue weighted by Crippen LogP contribution is -2.37. The number of thiophene rings is 1. The van der Waals surface area contributed by atoms with E-state index in [0.29, 0.717) is 12.5 Å². The Morgan fingerprint density at radius 3 is 2.81 bits per heavy atom. The molecule has 2 fully saturated rings. The molecule has 0 aromatic carbocycles. The van der Waals surface area contributed by atoms with Crippen molar-refractivity contribution in [2.45, 2.75) is 45.5 Å². The molecule has 1 amide bonds. The lowest BCUT2D eigenvalue weighted by Gasteiger charge is -2.21. The SMILES string of the molecule is CC(C)Cc1ccc(CN2C[C@@H]3OC(=O)N(Cc4ccccn4)[C@@H]3C2)s1. The smallest absolute Gasteiger partial charge is 0.410 e. The second-order valence-electron chi connectivity index (χ2n) is 7.60. The third-order valence-electron chi connectivity index (χ3n) is 4.96. The number of likely N-dealkylation sites (tertiary alicyclic amines) is 1. The number of pyridine rings is 1. The summed E-state index contributed by atoms with van der Waals surface area (Å²) >= 11 is 1.91. The van der Waals surface area contributed by atoms with Gasteiger partial charge in [-0.05, 0) is 36.6 Å². The van der Waals surface area contributed by atoms with E-state index in [-0.39, 0.29) is 18.2 Å². The Morgan fingerprint density at radius 1 is 1.19 bits per heavy atom. The maximum Gasteiger partial charge on any atom is 0.410 e. The van der Waals surface area contributed by atoms with Crippen LogP contribution in [0.4, 0.5) is 4.79 Å². The Kier molecular flexibility index (Phi) is 4.96. The normalized spacial score (nSPS) is 22.9. The summed E-state index contributed by atoms with van der Waals surface area (Å²) in [6.07, 6.45) is 2.67. The number of carbonyl (C=O) groups is 1. The Morgan fingerprint density at radius 2 is 2.04 bits per heavy atom. The van der Waals surface area contributed by atoms with E-state index < -0.39 is 0 Å². The highest BCUT2D eigenvalue weighted by atomic mass is 32.1. The first kappa shape index (κ1) is 17.5. The van der Waals surface area contributed by atoms with Crippen molar-refractivity contribution >= 4 is 17.4 Å². The van der Waals surface area contributed by atoms with Crippen LogP contribution in [0.2, 0.25) is 0 Å². The summed E-state index contributed by atoms with van der Waals surface area (Å²) in [5.41, 5.74) is 0.903. The van der Waals surface area contributed by atoms with Gasteiger partial charge in [0, 0.05) is 35.6 Å². The maximum atomic E-state index is 12.2. The highest BCUT2D eigenvalue weighted by Gasteiger charge is 2.47. The maximum absolute atomic E-state index is 12.2. The Balaban J connectivity index is 1.38. The second-order valence-corrected chi connectivity index (χ2v) is 8.85. The topological polar surface area (TPSA) is 45.7 Å². The van der Waals surface area contributed by atoms with Crippen LogP contribution in [0, 0.1) is 5.92 Å². The van der Waals surface area contributed by atoms with Crippen LogP contribution in [0.5, 0.6) is 0 Å². The fourth-order valence-electron chi connectivity index (χ4n) is 3.80. The van der Waals surface area contributed by atoms with Crippen LogP contribution >= 0.6 is 11.3 Å². The van der Waals surface area contributed by atoms with E-state index in [1.807, 2.05) is 34.4 Å². The second kappa shape index (κ2) is 7.37. The molecule has 2 atom stereocenters. The number of fused-ring (bicyclic) bond motifs is 1. The largest absolute Gasteiger partial charge is 0.442 e. The third kappa shape index (κ3) is 3.76. The molecule has 0 saturated carbocycles. The lowest BCUT2D eigenvalue weighted by molar-refractivity contribution is 0.119. The molecule has 0 aliphatic carbocycles. The predicted octanol–water partition coefficient (Wildman–Crippen LogP) is 3.55. The molecule has 6 heteroatoms. The molecule has 0 bridgehead atoms. The van der Waals surface area contributed by atoms with Gasteiger partial charge in [0.25, 0.3) is 0 Å². The number of nitrogens with zero attached hydrogens (tertiary/aromatic N) is 3. The molecule has 138 valence electrons. The molecular weight excluding hydrogens is 346 g/mol. The van der Waals surface area contributed by atoms with E-state index in [2.05, 4.69) is 35.9 Å². The Hall–Kier alpha value is -1.92. The molecule has 26 heavy (non-hydrogen) atoms. The van der Waals surface area contributed by atoms with Crippen LogP contribution in [0.25, 0.3) is 0 Å². The molecule has 2 saturated heterocycles. The predicted molar refractivity (Wildman–Crippen MR) is 102 cm³/mol. The summed E-state index contributed by atoms with van der Waals surface area (Å²) in [5.74, 6) is 0.687. The molecule has 0 spiro atoms. The van der Waals surface area contributed by atoms with Gasteiger partial charge >= 0.3 is 6.09 Å². The fraction of sp³-hybridized carbons (Fsp3) is 0.500. The first-order valence-electron chi connectivity index (χ1n) is 9.25. The molecule has 4 rings (SSSR count). The number of hydrogen-bond acceptors (Lipinski definition) is 5. The minimum absolute atomic E-state index is 0.0266. The van der Waals surface area contributed by atoms with Crippen LogP contribution in [0.1, 0.15) is 29.3 Å². The number of carbonyl (C=O) groups excluding carboxylic acids is 1. The third-order valence-corrected chi connectivity index (χ3v) is 6.06. The van der Waals surface area contributed by atoms with Crippen LogP contribution in [0.3, 0.4) is 0 Å². The highest BCUT2D eigenvalue weighted by Crippen LogP contribution is 2.30. The zero-order chi connectivity index (χ0) is 18.1. The average Bonchev–Trinajstić information content (AvgIpc) is 3.26. The summed E-state index contributed by atoms with van der Waals surface area (Å²) in [5, 5.41) is 0. The van der Waals surface area contributed by atoms with Crippen molar-refractivity contribution in [2.75, 3.05) is 13.1 Å². The molecular formula is C20H25N3O2S. The van der Waals surface area contributed by atoms with Crippen molar-refractivity contribution < 1.29 is 9.53 Å². The van der Waals surface area contributed by atoms with E-state index >= 15 is 0 Å². The molecule has 2 aliphatic rings. The van der Waals surface area contributed by atoms with E-state index in [9.17, 15) is 4.79 Å². The molecule has 2 aromatic rings. The standard InChI is InChI=1S/C20H25N3O2S/c1-14(2)9-16-6-7-17(26-16)11-22-12-18-19(13-22)25-20(24)23(18)10-15-5-3-4-8-21-15/h3-8,14,18-19H,9-13H2,1-2H3/t18-,19+/m1/s1. The van der Waals surface area contributed by atoms with Gasteiger partial charge in [-0.25, -0.2) is 4.79 Å². The molecule has 4 heterocycles. The molecule has 0 radical (unpaired) electrons. The van der Waals surface area contributed by atoms with Crippen LogP contribution in [-0.2, 0) is 24.2 Å². The minimum Gasteiger partial charge on any atom is -0.442 e. The zero-order valence-electron chi connectivity index (χ0n) is 15.3. The molecule has 0 unspecified atom stereocenters. The summed E-state index contributed by atoms with van der Waals surface area (Å²) in [6, 6.07) is 10.4. The van der Waals surface area contributed by atoms with E-state index in [1.165, 1.54) is 9.75 Å². The van der Waals surface area contributed by atoms with Gasteiger partial charge in [0.1, 0.15) is 6.10 Å². The minimum atomic E-state index is -0.208. The Bertz CT molecular complexity index is 761. The van der Waals surface area contributed by atoms with Gasteiger partial charge in [0.2, 0.25) is 0 Å². The van der Waals surface area contributed by atoms with E-state index in [1.54, 1.807) is 6.20 Å². The van der Waals surface area contributed by atoms with E-state index in [0.717, 1.165) is 31.7 Å². The van der Waals surface area contributed by atoms with Crippen LogP contribution in [-0.4, -0.2) is 46.1 Å². The van der Waals surface area contributed by atoms with Crippen molar-refractivity contribution in [3.05, 3.63) is 52.0 Å². The van der Waals surface area contributed by atoms with Crippen molar-refractivity contribution in [3.63, 3.8) is 0 Å². The van der Waals surface area contributed by atoms with Gasteiger partial charge in [-0.3, -0.25) is 14.8 Å². The van der Waals surface area contributed by atoms with Gasteiger partial charge in [-0.1, -0.05) is 19.9 Å². The molecule has 2 aromatic heterocycles. The van der Waals surface area contributed by atoms with Crippen molar-refractivity contribution in [1.82, 2.24) is 14.8 Å². The van der Waals surface area contributed by atoms with Gasteiger partial charge < -0.3 is 4.74 Å². The van der Waals surface area contributed by atoms with Crippen LogP contribution < -0.4 is 0 Å². The Labute approximate surface area is 158 Å². The van der Waals surface area contributed by atoms with Gasteiger partial charge in [-0.15, -0.1) is 11.3 Å². The first-order valence-corrected chi connectivity index (χ1v) is 10.1. The summed E-state index contributed by atoms with van der Waals surface area (Å²) in [4.78, 5) is 23.7. The van der Waals surface area contributed by atoms with Crippen molar-refractivity contribution in [3.8, 4) is 0 Å². The molecule has 0 N–H and O–H groups in total. The molecule has 5 nitrogen and oxygen atoms in total. The first-order chi connectivity index (χ1) is 12.6. The number of hydrogen-bond donors (Lipinski definition) is 0. The zero-order valence-corrected chi connectivity index (χ0v) is 16.1. The summed E-state index contributed by atoms with van der Waals surface area (Å²) in [6.45, 7) is 7.64. The lowest BCUT2D eigenvalue weighted by atomic mass is 10.1. The van der Waals surface area contributed by atoms with Gasteiger partial charge in [-0.2, -0.15) is 0 Å². The monoisotopic (exact) mass is 371 g/mol. The number of ether oxygens (including phenoxy) is 1. The molecule has 2 aliphatic heterocycles. The van der Waals surface area contributed by atoms with Gasteiger partial charge in [0.15, 0.2) is 0 Å². The summed E-state index contributed by atoms with van der Waals surface area (Å²) in [7, 11) is 0. The fourth-order valence-corrected chi connectivity index (χ4v) is 5.07. The highest BCUT2D eigenvalue weighted by molar-refractivity contribution is 7.11.